The summed E-state index contributed by atoms with van der Waals surface area (Å²) in [5.74, 6) is -0.542. The lowest BCUT2D eigenvalue weighted by molar-refractivity contribution is -0.137. The Labute approximate surface area is 103 Å². The smallest absolute Gasteiger partial charge is 0.325 e. The highest BCUT2D eigenvalue weighted by Gasteiger charge is 2.40. The molecule has 1 saturated carbocycles. The molecule has 2 rings (SSSR count). The zero-order valence-corrected chi connectivity index (χ0v) is 9.80. The first kappa shape index (κ1) is 13.3. The minimum atomic E-state index is -4.39. The summed E-state index contributed by atoms with van der Waals surface area (Å²) in [7, 11) is 0. The Morgan fingerprint density at radius 1 is 1.28 bits per heavy atom. The van der Waals surface area contributed by atoms with Gasteiger partial charge in [0, 0.05) is 11.5 Å². The van der Waals surface area contributed by atoms with Crippen LogP contribution in [0, 0.1) is 0 Å². The molecule has 1 nitrogen and oxygen atoms in total. The molecule has 1 aliphatic carbocycles. The summed E-state index contributed by atoms with van der Waals surface area (Å²) in [4.78, 5) is 0. The van der Waals surface area contributed by atoms with Crippen LogP contribution >= 0.6 is 0 Å². The van der Waals surface area contributed by atoms with Crippen LogP contribution in [0.5, 0.6) is 0 Å². The first-order chi connectivity index (χ1) is 8.34. The van der Waals surface area contributed by atoms with Crippen LogP contribution in [0.3, 0.4) is 0 Å². The first-order valence-corrected chi connectivity index (χ1v) is 5.86. The molecular formula is C13H15F4N. The van der Waals surface area contributed by atoms with Crippen molar-refractivity contribution in [2.75, 3.05) is 6.67 Å². The summed E-state index contributed by atoms with van der Waals surface area (Å²) in [5.41, 5.74) is 5.17. The van der Waals surface area contributed by atoms with Gasteiger partial charge in [-0.15, -0.1) is 0 Å². The number of halogens is 4. The predicted octanol–water partition coefficient (Wildman–Crippen LogP) is 3.64. The predicted molar refractivity (Wildman–Crippen MR) is 60.9 cm³/mol. The van der Waals surface area contributed by atoms with Crippen LogP contribution < -0.4 is 5.73 Å². The SMILES string of the molecule is NC1(CC(CF)c2cccc(C(F)(F)F)c2)CC1. The van der Waals surface area contributed by atoms with E-state index in [-0.39, 0.29) is 5.54 Å². The summed E-state index contributed by atoms with van der Waals surface area (Å²) >= 11 is 0. The Morgan fingerprint density at radius 2 is 1.94 bits per heavy atom. The van der Waals surface area contributed by atoms with Gasteiger partial charge in [0.15, 0.2) is 0 Å². The average Bonchev–Trinajstić information content (AvgIpc) is 3.04. The highest BCUT2D eigenvalue weighted by molar-refractivity contribution is 5.29. The van der Waals surface area contributed by atoms with Crippen LogP contribution in [0.25, 0.3) is 0 Å². The van der Waals surface area contributed by atoms with Crippen LogP contribution in [-0.4, -0.2) is 12.2 Å². The Hall–Kier alpha value is -1.10. The van der Waals surface area contributed by atoms with E-state index in [1.807, 2.05) is 0 Å². The maximum absolute atomic E-state index is 13.0. The molecule has 5 heteroatoms. The molecule has 1 aromatic rings. The van der Waals surface area contributed by atoms with E-state index in [1.54, 1.807) is 0 Å². The molecule has 1 aliphatic rings. The van der Waals surface area contributed by atoms with Gasteiger partial charge in [0.1, 0.15) is 0 Å². The number of rotatable bonds is 4. The van der Waals surface area contributed by atoms with Gasteiger partial charge in [-0.25, -0.2) is 0 Å². The van der Waals surface area contributed by atoms with Crippen molar-refractivity contribution in [1.82, 2.24) is 0 Å². The third-order valence-corrected chi connectivity index (χ3v) is 3.42. The van der Waals surface area contributed by atoms with Crippen LogP contribution in [0.2, 0.25) is 0 Å². The lowest BCUT2D eigenvalue weighted by Gasteiger charge is -2.19. The van der Waals surface area contributed by atoms with E-state index in [0.717, 1.165) is 25.0 Å². The molecule has 100 valence electrons. The molecule has 1 fully saturated rings. The first-order valence-electron chi connectivity index (χ1n) is 5.86. The largest absolute Gasteiger partial charge is 0.416 e. The zero-order chi connectivity index (χ0) is 13.4. The molecule has 0 spiro atoms. The topological polar surface area (TPSA) is 26.0 Å². The molecule has 0 aliphatic heterocycles. The van der Waals surface area contributed by atoms with Crippen molar-refractivity contribution in [2.24, 2.45) is 5.73 Å². The molecule has 1 unspecified atom stereocenters. The fraction of sp³-hybridized carbons (Fsp3) is 0.538. The van der Waals surface area contributed by atoms with Crippen LogP contribution in [0.15, 0.2) is 24.3 Å². The summed E-state index contributed by atoms with van der Waals surface area (Å²) in [6.45, 7) is -0.680. The van der Waals surface area contributed by atoms with Crippen molar-refractivity contribution in [3.63, 3.8) is 0 Å². The van der Waals surface area contributed by atoms with Gasteiger partial charge in [0.25, 0.3) is 0 Å². The van der Waals surface area contributed by atoms with Gasteiger partial charge in [-0.2, -0.15) is 13.2 Å². The van der Waals surface area contributed by atoms with Crippen molar-refractivity contribution in [3.05, 3.63) is 35.4 Å². The molecular weight excluding hydrogens is 246 g/mol. The molecule has 0 radical (unpaired) electrons. The van der Waals surface area contributed by atoms with Gasteiger partial charge in [-0.1, -0.05) is 18.2 Å². The van der Waals surface area contributed by atoms with Gasteiger partial charge in [0.2, 0.25) is 0 Å². The Kier molecular flexibility index (Phi) is 3.36. The minimum absolute atomic E-state index is 0.370. The molecule has 18 heavy (non-hydrogen) atoms. The number of benzene rings is 1. The highest BCUT2D eigenvalue weighted by atomic mass is 19.4. The highest BCUT2D eigenvalue weighted by Crippen LogP contribution is 2.41. The van der Waals surface area contributed by atoms with Gasteiger partial charge in [-0.3, -0.25) is 4.39 Å². The Morgan fingerprint density at radius 3 is 2.44 bits per heavy atom. The number of nitrogens with two attached hydrogens (primary N) is 1. The molecule has 0 bridgehead atoms. The maximum atomic E-state index is 13.0. The molecule has 1 aromatic carbocycles. The van der Waals surface area contributed by atoms with Crippen molar-refractivity contribution in [2.45, 2.75) is 36.9 Å². The van der Waals surface area contributed by atoms with E-state index >= 15 is 0 Å². The summed E-state index contributed by atoms with van der Waals surface area (Å²) in [6, 6.07) is 4.87. The second kappa shape index (κ2) is 4.53. The fourth-order valence-electron chi connectivity index (χ4n) is 2.09. The van der Waals surface area contributed by atoms with E-state index in [4.69, 9.17) is 5.73 Å². The molecule has 0 heterocycles. The quantitative estimate of drug-likeness (QED) is 0.823. The number of alkyl halides is 4. The van der Waals surface area contributed by atoms with Gasteiger partial charge >= 0.3 is 6.18 Å². The van der Waals surface area contributed by atoms with E-state index in [0.29, 0.717) is 12.0 Å². The average molecular weight is 261 g/mol. The van der Waals surface area contributed by atoms with E-state index in [1.165, 1.54) is 12.1 Å². The minimum Gasteiger partial charge on any atom is -0.325 e. The van der Waals surface area contributed by atoms with Gasteiger partial charge < -0.3 is 5.73 Å². The van der Waals surface area contributed by atoms with Crippen molar-refractivity contribution >= 4 is 0 Å². The standard InChI is InChI=1S/C13H15F4N/c14-8-10(7-12(18)4-5-12)9-2-1-3-11(6-9)13(15,16)17/h1-3,6,10H,4-5,7-8,18H2. The Balaban J connectivity index is 2.20. The zero-order valence-electron chi connectivity index (χ0n) is 9.80. The van der Waals surface area contributed by atoms with Crippen LogP contribution in [0.1, 0.15) is 36.3 Å². The third-order valence-electron chi connectivity index (χ3n) is 3.42. The molecule has 2 N–H and O–H groups in total. The van der Waals surface area contributed by atoms with E-state index < -0.39 is 24.3 Å². The lowest BCUT2D eigenvalue weighted by atomic mass is 9.91. The second-order valence-electron chi connectivity index (χ2n) is 5.04. The second-order valence-corrected chi connectivity index (χ2v) is 5.04. The lowest BCUT2D eigenvalue weighted by Crippen LogP contribution is -2.25. The third kappa shape index (κ3) is 3.02. The Bertz CT molecular complexity index is 423. The summed E-state index contributed by atoms with van der Waals surface area (Å²) in [5, 5.41) is 0. The van der Waals surface area contributed by atoms with Crippen molar-refractivity contribution in [3.8, 4) is 0 Å². The van der Waals surface area contributed by atoms with Gasteiger partial charge in [0.05, 0.1) is 12.2 Å². The van der Waals surface area contributed by atoms with Crippen molar-refractivity contribution in [1.29, 1.82) is 0 Å². The normalized spacial score (nSPS) is 19.6. The maximum Gasteiger partial charge on any atom is 0.416 e. The summed E-state index contributed by atoms with van der Waals surface area (Å²) in [6.07, 6.45) is -2.34. The number of hydrogen-bond donors (Lipinski definition) is 1. The summed E-state index contributed by atoms with van der Waals surface area (Å²) < 4.78 is 50.7. The fourth-order valence-corrected chi connectivity index (χ4v) is 2.09. The van der Waals surface area contributed by atoms with E-state index in [9.17, 15) is 17.6 Å². The van der Waals surface area contributed by atoms with Crippen LogP contribution in [0.4, 0.5) is 17.6 Å². The molecule has 0 saturated heterocycles. The molecule has 0 aromatic heterocycles. The number of hydrogen-bond acceptors (Lipinski definition) is 1. The van der Waals surface area contributed by atoms with Crippen LogP contribution in [-0.2, 0) is 6.18 Å². The van der Waals surface area contributed by atoms with E-state index in [2.05, 4.69) is 0 Å². The van der Waals surface area contributed by atoms with Gasteiger partial charge in [-0.05, 0) is 30.9 Å². The molecule has 1 atom stereocenters. The monoisotopic (exact) mass is 261 g/mol. The van der Waals surface area contributed by atoms with Crippen molar-refractivity contribution < 1.29 is 17.6 Å². The molecule has 0 amide bonds.